The SMILES string of the molecule is Cc1c(C)c2c(c(C)c1O)CCC(C)(COc1ccccc1)O2. The number of hydrogen-bond donors (Lipinski definition) is 1. The van der Waals surface area contributed by atoms with E-state index < -0.39 is 0 Å². The Morgan fingerprint density at radius 2 is 1.78 bits per heavy atom. The molecule has 0 fully saturated rings. The molecule has 2 aromatic rings. The number of benzene rings is 2. The molecule has 0 saturated carbocycles. The molecule has 1 aliphatic heterocycles. The summed E-state index contributed by atoms with van der Waals surface area (Å²) in [5.41, 5.74) is 3.63. The molecule has 1 heterocycles. The Kier molecular flexibility index (Phi) is 3.97. The molecule has 3 rings (SSSR count). The van der Waals surface area contributed by atoms with Gasteiger partial charge in [-0.3, -0.25) is 0 Å². The number of ether oxygens (including phenoxy) is 2. The number of fused-ring (bicyclic) bond motifs is 1. The minimum absolute atomic E-state index is 0.358. The average Bonchev–Trinajstić information content (AvgIpc) is 2.57. The molecule has 0 amide bonds. The van der Waals surface area contributed by atoms with Crippen molar-refractivity contribution in [2.45, 2.75) is 46.1 Å². The second kappa shape index (κ2) is 5.80. The fraction of sp³-hybridized carbons (Fsp3) is 0.400. The summed E-state index contributed by atoms with van der Waals surface area (Å²) in [5, 5.41) is 10.2. The molecular weight excluding hydrogens is 288 g/mol. The number of para-hydroxylation sites is 1. The number of rotatable bonds is 3. The molecule has 0 bridgehead atoms. The highest BCUT2D eigenvalue weighted by Crippen LogP contribution is 2.43. The predicted octanol–water partition coefficient (Wildman–Crippen LogP) is 4.48. The molecular formula is C20H24O3. The Bertz CT molecular complexity index is 722. The summed E-state index contributed by atoms with van der Waals surface area (Å²) < 4.78 is 12.3. The van der Waals surface area contributed by atoms with E-state index in [1.165, 1.54) is 0 Å². The molecule has 1 N–H and O–H groups in total. The van der Waals surface area contributed by atoms with E-state index in [0.717, 1.165) is 46.6 Å². The van der Waals surface area contributed by atoms with E-state index in [1.54, 1.807) is 0 Å². The van der Waals surface area contributed by atoms with Gasteiger partial charge in [0.15, 0.2) is 0 Å². The second-order valence-corrected chi connectivity index (χ2v) is 6.68. The Morgan fingerprint density at radius 3 is 2.48 bits per heavy atom. The Morgan fingerprint density at radius 1 is 1.09 bits per heavy atom. The van der Waals surface area contributed by atoms with E-state index in [-0.39, 0.29) is 5.60 Å². The van der Waals surface area contributed by atoms with Crippen molar-refractivity contribution in [3.63, 3.8) is 0 Å². The standard InChI is InChI=1S/C20H24O3/c1-13-14(2)19-17(15(3)18(13)21)10-11-20(4,23-19)12-22-16-8-6-5-7-9-16/h5-9,21H,10-12H2,1-4H3. The molecule has 2 aromatic carbocycles. The van der Waals surface area contributed by atoms with Gasteiger partial charge < -0.3 is 14.6 Å². The van der Waals surface area contributed by atoms with Crippen LogP contribution in [0.3, 0.4) is 0 Å². The molecule has 122 valence electrons. The first-order valence-corrected chi connectivity index (χ1v) is 8.10. The average molecular weight is 312 g/mol. The van der Waals surface area contributed by atoms with E-state index in [1.807, 2.05) is 51.1 Å². The smallest absolute Gasteiger partial charge is 0.140 e. The summed E-state index contributed by atoms with van der Waals surface area (Å²) in [6, 6.07) is 9.82. The maximum Gasteiger partial charge on any atom is 0.140 e. The molecule has 0 aliphatic carbocycles. The highest BCUT2D eigenvalue weighted by molar-refractivity contribution is 5.58. The quantitative estimate of drug-likeness (QED) is 0.908. The Hall–Kier alpha value is -2.16. The minimum atomic E-state index is -0.358. The minimum Gasteiger partial charge on any atom is -0.507 e. The lowest BCUT2D eigenvalue weighted by Crippen LogP contribution is -2.42. The lowest BCUT2D eigenvalue weighted by atomic mass is 9.87. The summed E-state index contributed by atoms with van der Waals surface area (Å²) in [4.78, 5) is 0. The molecule has 1 aliphatic rings. The molecule has 3 nitrogen and oxygen atoms in total. The van der Waals surface area contributed by atoms with Crippen LogP contribution in [0.2, 0.25) is 0 Å². The highest BCUT2D eigenvalue weighted by Gasteiger charge is 2.35. The van der Waals surface area contributed by atoms with Gasteiger partial charge in [0.2, 0.25) is 0 Å². The van der Waals surface area contributed by atoms with Gasteiger partial charge in [0.05, 0.1) is 0 Å². The van der Waals surface area contributed by atoms with Crippen LogP contribution in [0, 0.1) is 20.8 Å². The second-order valence-electron chi connectivity index (χ2n) is 6.68. The number of phenolic OH excluding ortho intramolecular Hbond substituents is 1. The zero-order chi connectivity index (χ0) is 16.6. The maximum atomic E-state index is 10.2. The van der Waals surface area contributed by atoms with Crippen LogP contribution in [-0.4, -0.2) is 17.3 Å². The summed E-state index contributed by atoms with van der Waals surface area (Å²) in [6.07, 6.45) is 1.76. The van der Waals surface area contributed by atoms with Crippen LogP contribution in [0.1, 0.15) is 35.6 Å². The fourth-order valence-corrected chi connectivity index (χ4v) is 3.15. The third-order valence-electron chi connectivity index (χ3n) is 4.88. The Balaban J connectivity index is 1.84. The highest BCUT2D eigenvalue weighted by atomic mass is 16.5. The van der Waals surface area contributed by atoms with Crippen LogP contribution in [0.5, 0.6) is 17.2 Å². The van der Waals surface area contributed by atoms with E-state index in [4.69, 9.17) is 9.47 Å². The number of phenols is 1. The summed E-state index contributed by atoms with van der Waals surface area (Å²) in [7, 11) is 0. The van der Waals surface area contributed by atoms with Crippen molar-refractivity contribution < 1.29 is 14.6 Å². The van der Waals surface area contributed by atoms with Gasteiger partial charge in [0.25, 0.3) is 0 Å². The van der Waals surface area contributed by atoms with Gasteiger partial charge in [0.1, 0.15) is 29.5 Å². The third-order valence-corrected chi connectivity index (χ3v) is 4.88. The van der Waals surface area contributed by atoms with E-state index in [2.05, 4.69) is 6.92 Å². The molecule has 3 heteroatoms. The lowest BCUT2D eigenvalue weighted by molar-refractivity contribution is 0.0166. The third kappa shape index (κ3) is 2.88. The van der Waals surface area contributed by atoms with Crippen molar-refractivity contribution in [1.29, 1.82) is 0 Å². The zero-order valence-electron chi connectivity index (χ0n) is 14.3. The van der Waals surface area contributed by atoms with Crippen LogP contribution < -0.4 is 9.47 Å². The van der Waals surface area contributed by atoms with Gasteiger partial charge in [-0.25, -0.2) is 0 Å². The number of hydrogen-bond acceptors (Lipinski definition) is 3. The first kappa shape index (κ1) is 15.7. The summed E-state index contributed by atoms with van der Waals surface area (Å²) >= 11 is 0. The molecule has 1 atom stereocenters. The van der Waals surface area contributed by atoms with Crippen molar-refractivity contribution in [2.75, 3.05) is 6.61 Å². The van der Waals surface area contributed by atoms with Crippen LogP contribution in [-0.2, 0) is 6.42 Å². The molecule has 23 heavy (non-hydrogen) atoms. The molecule has 0 saturated heterocycles. The first-order valence-electron chi connectivity index (χ1n) is 8.10. The summed E-state index contributed by atoms with van der Waals surface area (Å²) in [6.45, 7) is 8.52. The monoisotopic (exact) mass is 312 g/mol. The van der Waals surface area contributed by atoms with Crippen molar-refractivity contribution in [1.82, 2.24) is 0 Å². The van der Waals surface area contributed by atoms with Crippen LogP contribution >= 0.6 is 0 Å². The van der Waals surface area contributed by atoms with Crippen LogP contribution in [0.4, 0.5) is 0 Å². The molecule has 1 unspecified atom stereocenters. The van der Waals surface area contributed by atoms with Crippen molar-refractivity contribution in [2.24, 2.45) is 0 Å². The zero-order valence-corrected chi connectivity index (χ0v) is 14.3. The van der Waals surface area contributed by atoms with Gasteiger partial charge >= 0.3 is 0 Å². The van der Waals surface area contributed by atoms with Gasteiger partial charge in [-0.15, -0.1) is 0 Å². The van der Waals surface area contributed by atoms with Gasteiger partial charge in [-0.2, -0.15) is 0 Å². The van der Waals surface area contributed by atoms with Crippen LogP contribution in [0.15, 0.2) is 30.3 Å². The topological polar surface area (TPSA) is 38.7 Å². The van der Waals surface area contributed by atoms with Gasteiger partial charge in [-0.1, -0.05) is 18.2 Å². The van der Waals surface area contributed by atoms with Gasteiger partial charge in [0, 0.05) is 5.56 Å². The van der Waals surface area contributed by atoms with Gasteiger partial charge in [-0.05, 0) is 69.4 Å². The normalized spacial score (nSPS) is 19.8. The Labute approximate surface area is 137 Å². The summed E-state index contributed by atoms with van der Waals surface area (Å²) in [5.74, 6) is 2.18. The molecule has 0 aromatic heterocycles. The first-order chi connectivity index (χ1) is 10.9. The van der Waals surface area contributed by atoms with Crippen LogP contribution in [0.25, 0.3) is 0 Å². The van der Waals surface area contributed by atoms with E-state index in [9.17, 15) is 5.11 Å². The number of aromatic hydroxyl groups is 1. The maximum absolute atomic E-state index is 10.2. The van der Waals surface area contributed by atoms with Crippen molar-refractivity contribution >= 4 is 0 Å². The molecule has 0 radical (unpaired) electrons. The lowest BCUT2D eigenvalue weighted by Gasteiger charge is -2.37. The largest absolute Gasteiger partial charge is 0.507 e. The van der Waals surface area contributed by atoms with E-state index in [0.29, 0.717) is 12.4 Å². The van der Waals surface area contributed by atoms with Crippen molar-refractivity contribution in [3.8, 4) is 17.2 Å². The molecule has 0 spiro atoms. The predicted molar refractivity (Wildman–Crippen MR) is 91.6 cm³/mol. The van der Waals surface area contributed by atoms with Crippen molar-refractivity contribution in [3.05, 3.63) is 52.6 Å². The van der Waals surface area contributed by atoms with E-state index >= 15 is 0 Å². The fourth-order valence-electron chi connectivity index (χ4n) is 3.15.